The molecule has 0 aromatic rings. The molecule has 0 spiro atoms. The van der Waals surface area contributed by atoms with Crippen molar-refractivity contribution in [2.45, 2.75) is 0 Å². The normalized spacial score (nSPS) is 26.2. The number of hydrogen-bond donors (Lipinski definition) is 1. The van der Waals surface area contributed by atoms with Crippen LogP contribution in [0.25, 0.3) is 0 Å². The molecule has 1 saturated heterocycles. The number of hydrogen-bond acceptors (Lipinski definition) is 4. The Labute approximate surface area is 56.7 Å². The van der Waals surface area contributed by atoms with E-state index in [9.17, 15) is 0 Å². The lowest BCUT2D eigenvalue weighted by Gasteiger charge is -2.08. The molecule has 0 unspecified atom stereocenters. The first-order valence-electron chi connectivity index (χ1n) is 2.35. The van der Waals surface area contributed by atoms with Crippen LogP contribution in [0.2, 0.25) is 0 Å². The van der Waals surface area contributed by atoms with Crippen molar-refractivity contribution in [3.63, 3.8) is 0 Å². The summed E-state index contributed by atoms with van der Waals surface area (Å²) in [7, 11) is 0. The van der Waals surface area contributed by atoms with Gasteiger partial charge in [0.2, 0.25) is 0 Å². The summed E-state index contributed by atoms with van der Waals surface area (Å²) in [5.41, 5.74) is 0. The molecule has 0 aliphatic carbocycles. The van der Waals surface area contributed by atoms with Crippen molar-refractivity contribution >= 4 is 28.6 Å². The molecule has 1 N–H and O–H groups in total. The van der Waals surface area contributed by atoms with E-state index in [-0.39, 0.29) is 0 Å². The minimum absolute atomic E-state index is 0.862. The zero-order valence-corrected chi connectivity index (χ0v) is 5.97. The summed E-state index contributed by atoms with van der Waals surface area (Å²) < 4.78 is 0. The van der Waals surface area contributed by atoms with Crippen molar-refractivity contribution in [3.8, 4) is 0 Å². The molecule has 1 fully saturated rings. The number of oxime groups is 1. The summed E-state index contributed by atoms with van der Waals surface area (Å²) in [5, 5.41) is 12.2. The van der Waals surface area contributed by atoms with Crippen LogP contribution >= 0.6 is 23.5 Å². The van der Waals surface area contributed by atoms with Crippen LogP contribution in [0.3, 0.4) is 0 Å². The zero-order chi connectivity index (χ0) is 5.82. The maximum atomic E-state index is 8.24. The van der Waals surface area contributed by atoms with Gasteiger partial charge < -0.3 is 5.21 Å². The van der Waals surface area contributed by atoms with Crippen molar-refractivity contribution in [2.75, 3.05) is 17.3 Å². The fourth-order valence-corrected chi connectivity index (χ4v) is 2.54. The second-order valence-corrected chi connectivity index (χ2v) is 3.67. The summed E-state index contributed by atoms with van der Waals surface area (Å²) in [6.07, 6.45) is 0. The van der Waals surface area contributed by atoms with Crippen molar-refractivity contribution < 1.29 is 5.21 Å². The van der Waals surface area contributed by atoms with E-state index in [1.54, 1.807) is 11.8 Å². The monoisotopic (exact) mass is 149 g/mol. The molecular formula is C4H7NOS2. The van der Waals surface area contributed by atoms with Gasteiger partial charge in [-0.1, -0.05) is 5.16 Å². The summed E-state index contributed by atoms with van der Waals surface area (Å²) in [6.45, 7) is 0. The van der Waals surface area contributed by atoms with Crippen LogP contribution in [0.15, 0.2) is 5.16 Å². The molecule has 1 aliphatic heterocycles. The van der Waals surface area contributed by atoms with Crippen LogP contribution in [0.1, 0.15) is 0 Å². The molecule has 1 aliphatic rings. The minimum atomic E-state index is 0.862. The predicted octanol–water partition coefficient (Wildman–Crippen LogP) is 1.25. The molecule has 0 saturated carbocycles. The van der Waals surface area contributed by atoms with Gasteiger partial charge in [0.05, 0.1) is 0 Å². The standard InChI is InChI=1S/C4H7NOS2/c6-5-4-3-7-1-2-8-4/h6H,1-3H2. The lowest BCUT2D eigenvalue weighted by Crippen LogP contribution is -2.06. The summed E-state index contributed by atoms with van der Waals surface area (Å²) >= 11 is 3.46. The van der Waals surface area contributed by atoms with Gasteiger partial charge in [0.15, 0.2) is 0 Å². The van der Waals surface area contributed by atoms with E-state index in [2.05, 4.69) is 5.16 Å². The average molecular weight is 149 g/mol. The average Bonchev–Trinajstić information content (AvgIpc) is 1.90. The van der Waals surface area contributed by atoms with Gasteiger partial charge in [-0.15, -0.1) is 11.8 Å². The molecule has 46 valence electrons. The third-order valence-corrected chi connectivity index (χ3v) is 3.21. The molecule has 2 nitrogen and oxygen atoms in total. The highest BCUT2D eigenvalue weighted by Crippen LogP contribution is 2.18. The molecular weight excluding hydrogens is 142 g/mol. The number of rotatable bonds is 0. The molecule has 0 radical (unpaired) electrons. The van der Waals surface area contributed by atoms with Crippen LogP contribution in [-0.2, 0) is 0 Å². The van der Waals surface area contributed by atoms with E-state index in [1.807, 2.05) is 11.8 Å². The molecule has 0 atom stereocenters. The smallest absolute Gasteiger partial charge is 0.122 e. The number of nitrogens with zero attached hydrogens (tertiary/aromatic N) is 1. The van der Waals surface area contributed by atoms with E-state index in [4.69, 9.17) is 5.21 Å². The lowest BCUT2D eigenvalue weighted by molar-refractivity contribution is 0.320. The Bertz CT molecular complexity index is 96.2. The maximum Gasteiger partial charge on any atom is 0.122 e. The van der Waals surface area contributed by atoms with E-state index >= 15 is 0 Å². The van der Waals surface area contributed by atoms with Gasteiger partial charge in [0, 0.05) is 17.3 Å². The van der Waals surface area contributed by atoms with Gasteiger partial charge in [0.1, 0.15) is 5.04 Å². The molecule has 0 aromatic carbocycles. The predicted molar refractivity (Wildman–Crippen MR) is 39.0 cm³/mol. The first kappa shape index (κ1) is 6.29. The van der Waals surface area contributed by atoms with E-state index in [1.165, 1.54) is 5.75 Å². The highest BCUT2D eigenvalue weighted by atomic mass is 32.2. The lowest BCUT2D eigenvalue weighted by atomic mass is 10.9. The van der Waals surface area contributed by atoms with Crippen molar-refractivity contribution in [3.05, 3.63) is 0 Å². The third kappa shape index (κ3) is 1.59. The Hall–Kier alpha value is 0.170. The fraction of sp³-hybridized carbons (Fsp3) is 0.750. The summed E-state index contributed by atoms with van der Waals surface area (Å²) in [6, 6.07) is 0. The van der Waals surface area contributed by atoms with Crippen LogP contribution in [0, 0.1) is 0 Å². The molecule has 0 aromatic heterocycles. The van der Waals surface area contributed by atoms with Crippen molar-refractivity contribution in [1.82, 2.24) is 0 Å². The minimum Gasteiger partial charge on any atom is -0.410 e. The van der Waals surface area contributed by atoms with Gasteiger partial charge in [-0.25, -0.2) is 0 Å². The maximum absolute atomic E-state index is 8.24. The van der Waals surface area contributed by atoms with Crippen molar-refractivity contribution in [1.29, 1.82) is 0 Å². The Morgan fingerprint density at radius 3 is 2.75 bits per heavy atom. The summed E-state index contributed by atoms with van der Waals surface area (Å²) in [4.78, 5) is 0. The SMILES string of the molecule is ON=C1CSCCS1. The molecule has 8 heavy (non-hydrogen) atoms. The van der Waals surface area contributed by atoms with Crippen LogP contribution < -0.4 is 0 Å². The molecule has 4 heteroatoms. The second kappa shape index (κ2) is 3.25. The van der Waals surface area contributed by atoms with Crippen LogP contribution in [-0.4, -0.2) is 27.5 Å². The molecule has 1 heterocycles. The van der Waals surface area contributed by atoms with Gasteiger partial charge in [-0.3, -0.25) is 0 Å². The highest BCUT2D eigenvalue weighted by molar-refractivity contribution is 8.18. The Morgan fingerprint density at radius 1 is 1.50 bits per heavy atom. The Balaban J connectivity index is 2.33. The van der Waals surface area contributed by atoms with Gasteiger partial charge in [-0.05, 0) is 0 Å². The highest BCUT2D eigenvalue weighted by Gasteiger charge is 2.06. The van der Waals surface area contributed by atoms with Gasteiger partial charge in [-0.2, -0.15) is 11.8 Å². The van der Waals surface area contributed by atoms with Crippen LogP contribution in [0.4, 0.5) is 0 Å². The largest absolute Gasteiger partial charge is 0.410 e. The third-order valence-electron chi connectivity index (χ3n) is 0.833. The Kier molecular flexibility index (Phi) is 2.55. The molecule has 1 rings (SSSR count). The zero-order valence-electron chi connectivity index (χ0n) is 4.33. The fourth-order valence-electron chi connectivity index (χ4n) is 0.477. The first-order valence-corrected chi connectivity index (χ1v) is 4.49. The van der Waals surface area contributed by atoms with E-state index in [0.717, 1.165) is 16.5 Å². The topological polar surface area (TPSA) is 32.6 Å². The second-order valence-electron chi connectivity index (χ2n) is 1.39. The van der Waals surface area contributed by atoms with E-state index in [0.29, 0.717) is 0 Å². The molecule has 0 amide bonds. The van der Waals surface area contributed by atoms with Crippen molar-refractivity contribution in [2.24, 2.45) is 5.16 Å². The Morgan fingerprint density at radius 2 is 2.38 bits per heavy atom. The van der Waals surface area contributed by atoms with E-state index < -0.39 is 0 Å². The summed E-state index contributed by atoms with van der Waals surface area (Å²) in [5.74, 6) is 3.16. The quantitative estimate of drug-likeness (QED) is 0.415. The molecule has 0 bridgehead atoms. The number of thioether (sulfide) groups is 2. The van der Waals surface area contributed by atoms with Gasteiger partial charge in [0.25, 0.3) is 0 Å². The van der Waals surface area contributed by atoms with Gasteiger partial charge >= 0.3 is 0 Å². The van der Waals surface area contributed by atoms with Crippen LogP contribution in [0.5, 0.6) is 0 Å². The first-order chi connectivity index (χ1) is 3.93.